The van der Waals surface area contributed by atoms with Gasteiger partial charge in [0.05, 0.1) is 17.9 Å². The molecule has 1 aliphatic rings. The molecular weight excluding hydrogens is 284 g/mol. The van der Waals surface area contributed by atoms with Gasteiger partial charge in [-0.2, -0.15) is 16.9 Å². The molecule has 1 aromatic heterocycles. The minimum absolute atomic E-state index is 0.0526. The fraction of sp³-hybridized carbons (Fsp3) is 0.333. The molecule has 1 aliphatic heterocycles. The van der Waals surface area contributed by atoms with Gasteiger partial charge in [-0.1, -0.05) is 24.3 Å². The maximum absolute atomic E-state index is 11.3. The van der Waals surface area contributed by atoms with E-state index in [0.717, 1.165) is 17.2 Å². The smallest absolute Gasteiger partial charge is 0.241 e. The molecule has 21 heavy (non-hydrogen) atoms. The summed E-state index contributed by atoms with van der Waals surface area (Å²) in [5.41, 5.74) is 3.69. The maximum atomic E-state index is 11.3. The van der Waals surface area contributed by atoms with Gasteiger partial charge in [0, 0.05) is 24.8 Å². The van der Waals surface area contributed by atoms with Crippen molar-refractivity contribution >= 4 is 23.4 Å². The Morgan fingerprint density at radius 3 is 3.19 bits per heavy atom. The van der Waals surface area contributed by atoms with Crippen LogP contribution in [0.2, 0.25) is 0 Å². The van der Waals surface area contributed by atoms with Gasteiger partial charge in [0.2, 0.25) is 5.91 Å². The maximum Gasteiger partial charge on any atom is 0.241 e. The Hall–Kier alpha value is -1.95. The van der Waals surface area contributed by atoms with Gasteiger partial charge in [0.15, 0.2) is 0 Å². The van der Waals surface area contributed by atoms with E-state index in [-0.39, 0.29) is 18.5 Å². The zero-order valence-electron chi connectivity index (χ0n) is 11.9. The van der Waals surface area contributed by atoms with Crippen LogP contribution in [-0.4, -0.2) is 28.5 Å². The van der Waals surface area contributed by atoms with Gasteiger partial charge < -0.3 is 10.6 Å². The number of thioether (sulfide) groups is 1. The number of hydrogen-bond donors (Lipinski definition) is 2. The lowest BCUT2D eigenvalue weighted by Gasteiger charge is -2.26. The first kappa shape index (κ1) is 14.0. The number of anilines is 1. The highest BCUT2D eigenvalue weighted by molar-refractivity contribution is 7.98. The Bertz CT molecular complexity index is 640. The Balaban J connectivity index is 1.72. The Kier molecular flexibility index (Phi) is 4.15. The van der Waals surface area contributed by atoms with Crippen LogP contribution in [-0.2, 0) is 17.1 Å². The molecule has 2 aromatic rings. The second-order valence-corrected chi connectivity index (χ2v) is 6.04. The second-order valence-electron chi connectivity index (χ2n) is 5.01. The van der Waals surface area contributed by atoms with E-state index in [4.69, 9.17) is 0 Å². The normalized spacial score (nSPS) is 17.1. The molecule has 3 rings (SSSR count). The average molecular weight is 302 g/mol. The lowest BCUT2D eigenvalue weighted by Crippen LogP contribution is -2.23. The minimum Gasteiger partial charge on any atom is -0.375 e. The summed E-state index contributed by atoms with van der Waals surface area (Å²) in [7, 11) is 1.63. The standard InChI is InChI=1S/C15H18N4OS/c1-16-15(20)8-19-7-12(6-17-19)18-14-10-21-9-11-4-2-3-5-13(11)14/h2-7,14,18H,8-10H2,1H3,(H,16,20). The van der Waals surface area contributed by atoms with Gasteiger partial charge in [-0.25, -0.2) is 0 Å². The molecule has 6 heteroatoms. The SMILES string of the molecule is CNC(=O)Cn1cc(NC2CSCc3ccccc32)cn1. The molecule has 2 heterocycles. The first-order chi connectivity index (χ1) is 10.3. The third kappa shape index (κ3) is 3.21. The van der Waals surface area contributed by atoms with Crippen molar-refractivity contribution in [2.45, 2.75) is 18.3 Å². The molecule has 0 aliphatic carbocycles. The molecule has 0 radical (unpaired) electrons. The lowest BCUT2D eigenvalue weighted by molar-refractivity contribution is -0.121. The third-order valence-corrected chi connectivity index (χ3v) is 4.62. The molecule has 0 bridgehead atoms. The van der Waals surface area contributed by atoms with E-state index in [1.54, 1.807) is 17.9 Å². The van der Waals surface area contributed by atoms with Crippen LogP contribution in [0.15, 0.2) is 36.7 Å². The molecule has 0 fully saturated rings. The van der Waals surface area contributed by atoms with Gasteiger partial charge in [0.1, 0.15) is 6.54 Å². The molecule has 1 aromatic carbocycles. The van der Waals surface area contributed by atoms with E-state index in [9.17, 15) is 4.79 Å². The fourth-order valence-corrected chi connectivity index (χ4v) is 3.55. The minimum atomic E-state index is -0.0526. The highest BCUT2D eigenvalue weighted by Crippen LogP contribution is 2.33. The number of hydrogen-bond acceptors (Lipinski definition) is 4. The molecular formula is C15H18N4OS. The van der Waals surface area contributed by atoms with Crippen molar-refractivity contribution in [2.24, 2.45) is 0 Å². The number of nitrogens with zero attached hydrogens (tertiary/aromatic N) is 2. The monoisotopic (exact) mass is 302 g/mol. The predicted molar refractivity (Wildman–Crippen MR) is 85.3 cm³/mol. The summed E-state index contributed by atoms with van der Waals surface area (Å²) in [6, 6.07) is 8.83. The van der Waals surface area contributed by atoms with Gasteiger partial charge >= 0.3 is 0 Å². The Morgan fingerprint density at radius 1 is 1.48 bits per heavy atom. The van der Waals surface area contributed by atoms with E-state index < -0.39 is 0 Å². The van der Waals surface area contributed by atoms with Crippen LogP contribution in [0.1, 0.15) is 17.2 Å². The molecule has 2 N–H and O–H groups in total. The highest BCUT2D eigenvalue weighted by Gasteiger charge is 2.20. The topological polar surface area (TPSA) is 59.0 Å². The van der Waals surface area contributed by atoms with Gasteiger partial charge in [-0.15, -0.1) is 0 Å². The number of likely N-dealkylation sites (N-methyl/N-ethyl adjacent to an activating group) is 1. The van der Waals surface area contributed by atoms with E-state index in [0.29, 0.717) is 0 Å². The fourth-order valence-electron chi connectivity index (χ4n) is 2.45. The molecule has 0 spiro atoms. The largest absolute Gasteiger partial charge is 0.375 e. The van der Waals surface area contributed by atoms with Crippen molar-refractivity contribution in [2.75, 3.05) is 18.1 Å². The molecule has 1 atom stereocenters. The van der Waals surface area contributed by atoms with Crippen LogP contribution < -0.4 is 10.6 Å². The van der Waals surface area contributed by atoms with Crippen LogP contribution in [0, 0.1) is 0 Å². The first-order valence-corrected chi connectivity index (χ1v) is 8.07. The molecule has 0 saturated heterocycles. The van der Waals surface area contributed by atoms with Crippen molar-refractivity contribution in [3.63, 3.8) is 0 Å². The third-order valence-electron chi connectivity index (χ3n) is 3.53. The van der Waals surface area contributed by atoms with E-state index in [2.05, 4.69) is 40.0 Å². The summed E-state index contributed by atoms with van der Waals surface area (Å²) >= 11 is 1.93. The van der Waals surface area contributed by atoms with Gasteiger partial charge in [-0.05, 0) is 11.1 Å². The molecule has 5 nitrogen and oxygen atoms in total. The van der Waals surface area contributed by atoms with E-state index in [1.807, 2.05) is 18.0 Å². The van der Waals surface area contributed by atoms with E-state index in [1.165, 1.54) is 11.1 Å². The molecule has 1 amide bonds. The Labute approximate surface area is 128 Å². The Morgan fingerprint density at radius 2 is 2.33 bits per heavy atom. The predicted octanol–water partition coefficient (Wildman–Crippen LogP) is 2.03. The molecule has 1 unspecified atom stereocenters. The lowest BCUT2D eigenvalue weighted by atomic mass is 10.0. The number of amides is 1. The summed E-state index contributed by atoms with van der Waals surface area (Å²) < 4.78 is 1.64. The summed E-state index contributed by atoms with van der Waals surface area (Å²) in [6.45, 7) is 0.244. The van der Waals surface area contributed by atoms with Crippen molar-refractivity contribution in [1.82, 2.24) is 15.1 Å². The van der Waals surface area contributed by atoms with Crippen LogP contribution in [0.4, 0.5) is 5.69 Å². The molecule has 110 valence electrons. The highest BCUT2D eigenvalue weighted by atomic mass is 32.2. The quantitative estimate of drug-likeness (QED) is 0.907. The number of carbonyl (C=O) groups is 1. The van der Waals surface area contributed by atoms with Gasteiger partial charge in [-0.3, -0.25) is 9.48 Å². The van der Waals surface area contributed by atoms with Crippen molar-refractivity contribution in [3.8, 4) is 0 Å². The van der Waals surface area contributed by atoms with Crippen molar-refractivity contribution in [3.05, 3.63) is 47.8 Å². The summed E-state index contributed by atoms with van der Waals surface area (Å²) in [5, 5.41) is 10.3. The average Bonchev–Trinajstić information content (AvgIpc) is 2.94. The van der Waals surface area contributed by atoms with Crippen molar-refractivity contribution < 1.29 is 4.79 Å². The zero-order valence-corrected chi connectivity index (χ0v) is 12.7. The second kappa shape index (κ2) is 6.22. The number of benzene rings is 1. The summed E-state index contributed by atoms with van der Waals surface area (Å²) in [6.07, 6.45) is 3.64. The molecule has 0 saturated carbocycles. The number of aromatic nitrogens is 2. The summed E-state index contributed by atoms with van der Waals surface area (Å²) in [4.78, 5) is 11.3. The number of carbonyl (C=O) groups excluding carboxylic acids is 1. The zero-order chi connectivity index (χ0) is 14.7. The summed E-state index contributed by atoms with van der Waals surface area (Å²) in [5.74, 6) is 2.06. The number of rotatable bonds is 4. The van der Waals surface area contributed by atoms with Crippen molar-refractivity contribution in [1.29, 1.82) is 0 Å². The van der Waals surface area contributed by atoms with E-state index >= 15 is 0 Å². The van der Waals surface area contributed by atoms with Crippen LogP contribution in [0.3, 0.4) is 0 Å². The number of fused-ring (bicyclic) bond motifs is 1. The van der Waals surface area contributed by atoms with Crippen LogP contribution in [0.25, 0.3) is 0 Å². The van der Waals surface area contributed by atoms with Crippen LogP contribution >= 0.6 is 11.8 Å². The first-order valence-electron chi connectivity index (χ1n) is 6.91. The van der Waals surface area contributed by atoms with Gasteiger partial charge in [0.25, 0.3) is 0 Å². The number of nitrogens with one attached hydrogen (secondary N) is 2. The van der Waals surface area contributed by atoms with Crippen LogP contribution in [0.5, 0.6) is 0 Å².